The van der Waals surface area contributed by atoms with E-state index < -0.39 is 0 Å². The minimum atomic E-state index is 0.220. The van der Waals surface area contributed by atoms with Gasteiger partial charge >= 0.3 is 0 Å². The highest BCUT2D eigenvalue weighted by atomic mass is 16.3. The van der Waals surface area contributed by atoms with E-state index in [1.807, 2.05) is 12.3 Å². The van der Waals surface area contributed by atoms with E-state index in [4.69, 9.17) is 0 Å². The molecule has 3 nitrogen and oxygen atoms in total. The van der Waals surface area contributed by atoms with Crippen molar-refractivity contribution in [2.45, 2.75) is 18.8 Å². The Labute approximate surface area is 118 Å². The van der Waals surface area contributed by atoms with Crippen molar-refractivity contribution in [3.05, 3.63) is 65.2 Å². The first-order chi connectivity index (χ1) is 9.84. The quantitative estimate of drug-likeness (QED) is 0.669. The van der Waals surface area contributed by atoms with E-state index in [1.54, 1.807) is 24.4 Å². The highest BCUT2D eigenvalue weighted by molar-refractivity contribution is 5.83. The number of phenolic OH excluding ortho intramolecular Hbond substituents is 1. The average Bonchev–Trinajstić information content (AvgIpc) is 2.89. The van der Waals surface area contributed by atoms with Gasteiger partial charge in [-0.05, 0) is 36.1 Å². The van der Waals surface area contributed by atoms with Crippen LogP contribution in [0.25, 0.3) is 0 Å². The Morgan fingerprint density at radius 3 is 2.70 bits per heavy atom. The van der Waals surface area contributed by atoms with Gasteiger partial charge in [-0.1, -0.05) is 36.4 Å². The summed E-state index contributed by atoms with van der Waals surface area (Å²) in [5.74, 6) is 0.574. The molecule has 2 aromatic rings. The molecule has 0 saturated carbocycles. The zero-order chi connectivity index (χ0) is 13.8. The predicted molar refractivity (Wildman–Crippen MR) is 81.7 cm³/mol. The van der Waals surface area contributed by atoms with Crippen LogP contribution in [0.4, 0.5) is 0 Å². The van der Waals surface area contributed by atoms with Gasteiger partial charge in [0.25, 0.3) is 0 Å². The van der Waals surface area contributed by atoms with Crippen LogP contribution in [0.3, 0.4) is 0 Å². The Bertz CT molecular complexity index is 662. The highest BCUT2D eigenvalue weighted by Gasteiger charge is 2.19. The molecule has 1 N–H and O–H groups in total. The van der Waals surface area contributed by atoms with Crippen LogP contribution < -0.4 is 0 Å². The molecule has 0 bridgehead atoms. The Morgan fingerprint density at radius 2 is 1.80 bits per heavy atom. The number of hydrogen-bond donors (Lipinski definition) is 1. The van der Waals surface area contributed by atoms with Crippen molar-refractivity contribution in [1.29, 1.82) is 0 Å². The van der Waals surface area contributed by atoms with Gasteiger partial charge in [0.1, 0.15) is 5.75 Å². The third-order valence-electron chi connectivity index (χ3n) is 3.63. The van der Waals surface area contributed by atoms with Gasteiger partial charge < -0.3 is 5.11 Å². The number of fused-ring (bicyclic) bond motifs is 1. The zero-order valence-corrected chi connectivity index (χ0v) is 11.1. The van der Waals surface area contributed by atoms with Gasteiger partial charge in [-0.3, -0.25) is 0 Å². The molecule has 1 atom stereocenters. The fraction of sp³-hybridized carbons (Fsp3) is 0.176. The van der Waals surface area contributed by atoms with Gasteiger partial charge in [0.05, 0.1) is 6.21 Å². The molecule has 0 aromatic heterocycles. The lowest BCUT2D eigenvalue weighted by Gasteiger charge is -2.03. The van der Waals surface area contributed by atoms with Crippen LogP contribution in [0, 0.1) is 0 Å². The normalized spacial score (nSPS) is 17.9. The molecule has 0 amide bonds. The van der Waals surface area contributed by atoms with Crippen molar-refractivity contribution >= 4 is 12.4 Å². The first-order valence-electron chi connectivity index (χ1n) is 6.77. The molecule has 1 unspecified atom stereocenters. The number of hydrogen-bond acceptors (Lipinski definition) is 3. The first kappa shape index (κ1) is 12.6. The van der Waals surface area contributed by atoms with Crippen molar-refractivity contribution in [3.63, 3.8) is 0 Å². The Kier molecular flexibility index (Phi) is 3.59. The summed E-state index contributed by atoms with van der Waals surface area (Å²) in [6, 6.07) is 15.6. The molecule has 0 radical (unpaired) electrons. The average molecular weight is 264 g/mol. The van der Waals surface area contributed by atoms with Crippen LogP contribution in [-0.4, -0.2) is 17.5 Å². The van der Waals surface area contributed by atoms with Crippen molar-refractivity contribution in [1.82, 2.24) is 0 Å². The van der Waals surface area contributed by atoms with Crippen LogP contribution >= 0.6 is 0 Å². The fourth-order valence-electron chi connectivity index (χ4n) is 2.56. The predicted octanol–water partition coefficient (Wildman–Crippen LogP) is 3.53. The largest absolute Gasteiger partial charge is 0.507 e. The maximum Gasteiger partial charge on any atom is 0.124 e. The fourth-order valence-corrected chi connectivity index (χ4v) is 2.56. The smallest absolute Gasteiger partial charge is 0.124 e. The number of rotatable bonds is 3. The summed E-state index contributed by atoms with van der Waals surface area (Å²) < 4.78 is 0. The molecule has 3 heteroatoms. The molecule has 3 rings (SSSR count). The van der Waals surface area contributed by atoms with E-state index in [-0.39, 0.29) is 5.75 Å². The molecule has 0 heterocycles. The topological polar surface area (TPSA) is 45.0 Å². The Balaban J connectivity index is 1.69. The molecule has 0 spiro atoms. The number of aromatic hydroxyl groups is 1. The summed E-state index contributed by atoms with van der Waals surface area (Å²) in [6.07, 6.45) is 5.67. The van der Waals surface area contributed by atoms with Crippen LogP contribution in [0.2, 0.25) is 0 Å². The third-order valence-corrected chi connectivity index (χ3v) is 3.63. The van der Waals surface area contributed by atoms with Gasteiger partial charge in [-0.2, -0.15) is 10.2 Å². The SMILES string of the molecule is Oc1ccccc1/C=N/N=C/C1CCc2ccccc21. The van der Waals surface area contributed by atoms with Crippen molar-refractivity contribution < 1.29 is 5.11 Å². The maximum atomic E-state index is 9.61. The van der Waals surface area contributed by atoms with E-state index in [0.29, 0.717) is 11.5 Å². The molecule has 2 aromatic carbocycles. The summed E-state index contributed by atoms with van der Waals surface area (Å²) in [5.41, 5.74) is 3.44. The van der Waals surface area contributed by atoms with E-state index >= 15 is 0 Å². The Morgan fingerprint density at radius 1 is 1.00 bits per heavy atom. The molecule has 0 saturated heterocycles. The molecule has 1 aliphatic rings. The van der Waals surface area contributed by atoms with Crippen molar-refractivity contribution in [2.75, 3.05) is 0 Å². The molecular formula is C17H16N2O. The minimum absolute atomic E-state index is 0.220. The minimum Gasteiger partial charge on any atom is -0.507 e. The van der Waals surface area contributed by atoms with Crippen molar-refractivity contribution in [2.24, 2.45) is 10.2 Å². The molecular weight excluding hydrogens is 248 g/mol. The van der Waals surface area contributed by atoms with Gasteiger partial charge in [0, 0.05) is 17.7 Å². The molecule has 100 valence electrons. The van der Waals surface area contributed by atoms with Crippen LogP contribution in [0.5, 0.6) is 5.75 Å². The second-order valence-electron chi connectivity index (χ2n) is 4.91. The molecule has 20 heavy (non-hydrogen) atoms. The second-order valence-corrected chi connectivity index (χ2v) is 4.91. The summed E-state index contributed by atoms with van der Waals surface area (Å²) in [5, 5.41) is 17.8. The van der Waals surface area contributed by atoms with E-state index in [0.717, 1.165) is 12.8 Å². The number of aryl methyl sites for hydroxylation is 1. The zero-order valence-electron chi connectivity index (χ0n) is 11.1. The number of phenols is 1. The van der Waals surface area contributed by atoms with Gasteiger partial charge in [-0.15, -0.1) is 0 Å². The Hall–Kier alpha value is -2.42. The van der Waals surface area contributed by atoms with Crippen LogP contribution in [-0.2, 0) is 6.42 Å². The monoisotopic (exact) mass is 264 g/mol. The highest BCUT2D eigenvalue weighted by Crippen LogP contribution is 2.31. The summed E-state index contributed by atoms with van der Waals surface area (Å²) in [7, 11) is 0. The lowest BCUT2D eigenvalue weighted by Crippen LogP contribution is -1.93. The maximum absolute atomic E-state index is 9.61. The molecule has 0 fully saturated rings. The number of benzene rings is 2. The summed E-state index contributed by atoms with van der Waals surface area (Å²) >= 11 is 0. The number of nitrogens with zero attached hydrogens (tertiary/aromatic N) is 2. The number of para-hydroxylation sites is 1. The van der Waals surface area contributed by atoms with E-state index in [1.165, 1.54) is 11.1 Å². The van der Waals surface area contributed by atoms with Crippen LogP contribution in [0.1, 0.15) is 29.0 Å². The summed E-state index contributed by atoms with van der Waals surface area (Å²) in [6.45, 7) is 0. The first-order valence-corrected chi connectivity index (χ1v) is 6.77. The lowest BCUT2D eigenvalue weighted by molar-refractivity contribution is 0.474. The van der Waals surface area contributed by atoms with E-state index in [2.05, 4.69) is 34.5 Å². The molecule has 1 aliphatic carbocycles. The molecule has 0 aliphatic heterocycles. The standard InChI is InChI=1S/C17H16N2O/c20-17-8-4-2-6-15(17)12-19-18-11-14-10-9-13-5-1-3-7-16(13)14/h1-8,11-12,14,20H,9-10H2/b18-11+,19-12+. The van der Waals surface area contributed by atoms with Gasteiger partial charge in [0.2, 0.25) is 0 Å². The van der Waals surface area contributed by atoms with E-state index in [9.17, 15) is 5.11 Å². The van der Waals surface area contributed by atoms with Gasteiger partial charge in [0.15, 0.2) is 0 Å². The van der Waals surface area contributed by atoms with Gasteiger partial charge in [-0.25, -0.2) is 0 Å². The summed E-state index contributed by atoms with van der Waals surface area (Å²) in [4.78, 5) is 0. The van der Waals surface area contributed by atoms with Crippen molar-refractivity contribution in [3.8, 4) is 5.75 Å². The third kappa shape index (κ3) is 2.62. The van der Waals surface area contributed by atoms with Crippen LogP contribution in [0.15, 0.2) is 58.7 Å². The second kappa shape index (κ2) is 5.70. The lowest BCUT2D eigenvalue weighted by atomic mass is 10.0.